The molecule has 3 heterocycles. The summed E-state index contributed by atoms with van der Waals surface area (Å²) in [6.07, 6.45) is 3.29. The van der Waals surface area contributed by atoms with E-state index in [0.29, 0.717) is 23.4 Å². The van der Waals surface area contributed by atoms with Gasteiger partial charge in [-0.3, -0.25) is 4.57 Å². The summed E-state index contributed by atoms with van der Waals surface area (Å²) in [6, 6.07) is 0. The number of methoxy groups -OCH3 is 1. The SMILES string of the molecule is CO[C@@]1(CO)C[C@H](C)[C@H](n2cnc3c(N)ncnc32)O1. The van der Waals surface area contributed by atoms with Crippen LogP contribution in [0.3, 0.4) is 0 Å². The number of imidazole rings is 1. The van der Waals surface area contributed by atoms with Crippen LogP contribution in [0.4, 0.5) is 5.82 Å². The molecule has 3 atom stereocenters. The van der Waals surface area contributed by atoms with Gasteiger partial charge in [-0.1, -0.05) is 6.92 Å². The second-order valence-corrected chi connectivity index (χ2v) is 5.05. The fourth-order valence-corrected chi connectivity index (χ4v) is 2.66. The van der Waals surface area contributed by atoms with E-state index in [-0.39, 0.29) is 18.8 Å². The van der Waals surface area contributed by atoms with E-state index in [1.807, 2.05) is 6.92 Å². The van der Waals surface area contributed by atoms with E-state index in [2.05, 4.69) is 15.0 Å². The third-order valence-corrected chi connectivity index (χ3v) is 3.73. The molecule has 0 aliphatic carbocycles. The monoisotopic (exact) mass is 279 g/mol. The molecule has 0 radical (unpaired) electrons. The number of aliphatic hydroxyl groups excluding tert-OH is 1. The van der Waals surface area contributed by atoms with Gasteiger partial charge in [-0.25, -0.2) is 15.0 Å². The van der Waals surface area contributed by atoms with E-state index in [0.717, 1.165) is 0 Å². The van der Waals surface area contributed by atoms with Crippen LogP contribution in [0.25, 0.3) is 11.2 Å². The Morgan fingerprint density at radius 2 is 2.35 bits per heavy atom. The highest BCUT2D eigenvalue weighted by atomic mass is 16.7. The molecule has 1 aliphatic rings. The highest BCUT2D eigenvalue weighted by Gasteiger charge is 2.46. The molecule has 8 heteroatoms. The van der Waals surface area contributed by atoms with Crippen LogP contribution < -0.4 is 5.73 Å². The van der Waals surface area contributed by atoms with Crippen LogP contribution in [0.5, 0.6) is 0 Å². The summed E-state index contributed by atoms with van der Waals surface area (Å²) in [6.45, 7) is 1.82. The molecule has 20 heavy (non-hydrogen) atoms. The molecule has 0 unspecified atom stereocenters. The van der Waals surface area contributed by atoms with Crippen molar-refractivity contribution in [2.45, 2.75) is 25.4 Å². The number of nitrogens with two attached hydrogens (primary N) is 1. The van der Waals surface area contributed by atoms with Gasteiger partial charge in [0.2, 0.25) is 0 Å². The van der Waals surface area contributed by atoms with Crippen LogP contribution in [0.1, 0.15) is 19.6 Å². The number of anilines is 1. The summed E-state index contributed by atoms with van der Waals surface area (Å²) in [4.78, 5) is 12.3. The minimum atomic E-state index is -0.973. The van der Waals surface area contributed by atoms with Crippen molar-refractivity contribution in [3.63, 3.8) is 0 Å². The normalized spacial score (nSPS) is 30.1. The smallest absolute Gasteiger partial charge is 0.194 e. The first-order valence-corrected chi connectivity index (χ1v) is 6.37. The Balaban J connectivity index is 2.02. The summed E-state index contributed by atoms with van der Waals surface area (Å²) in [5.74, 6) is -0.505. The summed E-state index contributed by atoms with van der Waals surface area (Å²) < 4.78 is 13.0. The Kier molecular flexibility index (Phi) is 3.08. The molecule has 3 N–H and O–H groups in total. The van der Waals surface area contributed by atoms with Gasteiger partial charge in [-0.05, 0) is 0 Å². The van der Waals surface area contributed by atoms with Crippen molar-refractivity contribution >= 4 is 17.0 Å². The molecule has 2 aromatic rings. The van der Waals surface area contributed by atoms with Crippen molar-refractivity contribution in [3.8, 4) is 0 Å². The lowest BCUT2D eigenvalue weighted by Crippen LogP contribution is -2.35. The lowest BCUT2D eigenvalue weighted by Gasteiger charge is -2.25. The van der Waals surface area contributed by atoms with Crippen molar-refractivity contribution in [1.29, 1.82) is 0 Å². The molecule has 0 aromatic carbocycles. The van der Waals surface area contributed by atoms with Gasteiger partial charge in [-0.15, -0.1) is 0 Å². The quantitative estimate of drug-likeness (QED) is 0.831. The van der Waals surface area contributed by atoms with Crippen LogP contribution in [0.2, 0.25) is 0 Å². The Hall–Kier alpha value is -1.77. The number of rotatable bonds is 3. The zero-order valence-electron chi connectivity index (χ0n) is 11.4. The number of fused-ring (bicyclic) bond motifs is 1. The van der Waals surface area contributed by atoms with Crippen LogP contribution in [-0.2, 0) is 9.47 Å². The van der Waals surface area contributed by atoms with Gasteiger partial charge < -0.3 is 20.3 Å². The van der Waals surface area contributed by atoms with Crippen LogP contribution in [0, 0.1) is 5.92 Å². The minimum absolute atomic E-state index is 0.135. The van der Waals surface area contributed by atoms with Gasteiger partial charge in [0, 0.05) is 19.4 Å². The van der Waals surface area contributed by atoms with Crippen LogP contribution in [0.15, 0.2) is 12.7 Å². The fourth-order valence-electron chi connectivity index (χ4n) is 2.66. The van der Waals surface area contributed by atoms with Gasteiger partial charge in [0.15, 0.2) is 17.3 Å². The van der Waals surface area contributed by atoms with E-state index in [1.54, 1.807) is 10.9 Å². The lowest BCUT2D eigenvalue weighted by atomic mass is 10.0. The first-order chi connectivity index (χ1) is 9.60. The summed E-state index contributed by atoms with van der Waals surface area (Å²) >= 11 is 0. The van der Waals surface area contributed by atoms with Crippen LogP contribution in [-0.4, -0.2) is 44.1 Å². The van der Waals surface area contributed by atoms with E-state index >= 15 is 0 Å². The topological polar surface area (TPSA) is 108 Å². The highest BCUT2D eigenvalue weighted by Crippen LogP contribution is 2.42. The van der Waals surface area contributed by atoms with Gasteiger partial charge >= 0.3 is 0 Å². The second-order valence-electron chi connectivity index (χ2n) is 5.05. The van der Waals surface area contributed by atoms with Crippen molar-refractivity contribution < 1.29 is 14.6 Å². The van der Waals surface area contributed by atoms with E-state index < -0.39 is 5.79 Å². The highest BCUT2D eigenvalue weighted by molar-refractivity contribution is 5.81. The fraction of sp³-hybridized carbons (Fsp3) is 0.583. The number of ether oxygens (including phenoxy) is 2. The molecule has 0 amide bonds. The number of nitrogens with zero attached hydrogens (tertiary/aromatic N) is 4. The molecule has 0 bridgehead atoms. The van der Waals surface area contributed by atoms with Gasteiger partial charge in [0.05, 0.1) is 12.9 Å². The Morgan fingerprint density at radius 1 is 1.55 bits per heavy atom. The van der Waals surface area contributed by atoms with Crippen LogP contribution >= 0.6 is 0 Å². The maximum Gasteiger partial charge on any atom is 0.194 e. The molecule has 0 saturated carbocycles. The average molecular weight is 279 g/mol. The average Bonchev–Trinajstić information content (AvgIpc) is 3.01. The standard InChI is InChI=1S/C12H17N5O3/c1-7-3-12(4-18,19-2)20-11(7)17-6-16-8-9(13)14-5-15-10(8)17/h5-7,11,18H,3-4H2,1-2H3,(H2,13,14,15)/t7-,11+,12-/m0/s1. The van der Waals surface area contributed by atoms with Crippen molar-refractivity contribution in [1.82, 2.24) is 19.5 Å². The number of nitrogen functional groups attached to an aromatic ring is 1. The van der Waals surface area contributed by atoms with Crippen molar-refractivity contribution in [2.24, 2.45) is 5.92 Å². The minimum Gasteiger partial charge on any atom is -0.391 e. The predicted octanol–water partition coefficient (Wildman–Crippen LogP) is 0.298. The molecule has 108 valence electrons. The lowest BCUT2D eigenvalue weighted by molar-refractivity contribution is -0.242. The third-order valence-electron chi connectivity index (χ3n) is 3.73. The molecule has 8 nitrogen and oxygen atoms in total. The zero-order valence-corrected chi connectivity index (χ0v) is 11.4. The van der Waals surface area contributed by atoms with Gasteiger partial charge in [-0.2, -0.15) is 0 Å². The Morgan fingerprint density at radius 3 is 3.00 bits per heavy atom. The first kappa shape index (κ1) is 13.2. The summed E-state index contributed by atoms with van der Waals surface area (Å²) in [5.41, 5.74) is 6.93. The van der Waals surface area contributed by atoms with E-state index in [4.69, 9.17) is 15.2 Å². The molecule has 0 spiro atoms. The third kappa shape index (κ3) is 1.84. The summed E-state index contributed by atoms with van der Waals surface area (Å²) in [5, 5.41) is 9.49. The van der Waals surface area contributed by atoms with Gasteiger partial charge in [0.1, 0.15) is 18.1 Å². The molecular weight excluding hydrogens is 262 g/mol. The predicted molar refractivity (Wildman–Crippen MR) is 70.5 cm³/mol. The maximum atomic E-state index is 9.49. The van der Waals surface area contributed by atoms with E-state index in [9.17, 15) is 5.11 Å². The van der Waals surface area contributed by atoms with Gasteiger partial charge in [0.25, 0.3) is 0 Å². The number of hydrogen-bond donors (Lipinski definition) is 2. The molecule has 1 fully saturated rings. The van der Waals surface area contributed by atoms with Crippen molar-refractivity contribution in [2.75, 3.05) is 19.5 Å². The zero-order chi connectivity index (χ0) is 14.3. The Labute approximate surface area is 115 Å². The molecule has 1 saturated heterocycles. The Bertz CT molecular complexity index is 625. The molecule has 3 rings (SSSR count). The van der Waals surface area contributed by atoms with Crippen molar-refractivity contribution in [3.05, 3.63) is 12.7 Å². The number of hydrogen-bond acceptors (Lipinski definition) is 7. The summed E-state index contributed by atoms with van der Waals surface area (Å²) in [7, 11) is 1.53. The largest absolute Gasteiger partial charge is 0.391 e. The first-order valence-electron chi connectivity index (χ1n) is 6.37. The number of aromatic nitrogens is 4. The second kappa shape index (κ2) is 4.65. The molecule has 1 aliphatic heterocycles. The maximum absolute atomic E-state index is 9.49. The molecular formula is C12H17N5O3. The number of aliphatic hydroxyl groups is 1. The molecule has 2 aromatic heterocycles. The van der Waals surface area contributed by atoms with E-state index in [1.165, 1.54) is 13.4 Å².